The van der Waals surface area contributed by atoms with E-state index in [-0.39, 0.29) is 18.8 Å². The SMILES string of the molecule is CCOC(=O)c1c(NC(=O)CNc2cccc(S(C)(=O)=O)c2F)sc2c1CCCC2. The van der Waals surface area contributed by atoms with Crippen LogP contribution in [-0.2, 0) is 32.2 Å². The number of ether oxygens (including phenoxy) is 1. The number of thiophene rings is 1. The lowest BCUT2D eigenvalue weighted by Crippen LogP contribution is -2.23. The van der Waals surface area contributed by atoms with Gasteiger partial charge in [0.2, 0.25) is 5.91 Å². The first kappa shape index (κ1) is 22.2. The van der Waals surface area contributed by atoms with E-state index < -0.39 is 32.4 Å². The van der Waals surface area contributed by atoms with Gasteiger partial charge in [-0.3, -0.25) is 4.79 Å². The van der Waals surface area contributed by atoms with Gasteiger partial charge in [0.25, 0.3) is 0 Å². The Morgan fingerprint density at radius 2 is 1.97 bits per heavy atom. The molecule has 2 N–H and O–H groups in total. The van der Waals surface area contributed by atoms with Gasteiger partial charge in [-0.25, -0.2) is 17.6 Å². The number of benzene rings is 1. The van der Waals surface area contributed by atoms with Gasteiger partial charge in [0.05, 0.1) is 24.4 Å². The van der Waals surface area contributed by atoms with Crippen LogP contribution in [0.15, 0.2) is 23.1 Å². The van der Waals surface area contributed by atoms with Gasteiger partial charge in [-0.2, -0.15) is 0 Å². The van der Waals surface area contributed by atoms with Crippen molar-refractivity contribution in [2.75, 3.05) is 30.0 Å². The van der Waals surface area contributed by atoms with Crippen molar-refractivity contribution in [1.82, 2.24) is 0 Å². The first-order valence-electron chi connectivity index (χ1n) is 9.56. The maximum absolute atomic E-state index is 14.4. The van der Waals surface area contributed by atoms with E-state index >= 15 is 0 Å². The predicted octanol–water partition coefficient (Wildman–Crippen LogP) is 3.40. The molecule has 0 aliphatic heterocycles. The Labute approximate surface area is 178 Å². The third-order valence-corrected chi connectivity index (χ3v) is 7.03. The summed E-state index contributed by atoms with van der Waals surface area (Å²) in [4.78, 5) is 25.5. The Morgan fingerprint density at radius 1 is 1.23 bits per heavy atom. The lowest BCUT2D eigenvalue weighted by Gasteiger charge is -2.12. The number of rotatable bonds is 7. The van der Waals surface area contributed by atoms with Gasteiger partial charge in [0.1, 0.15) is 9.90 Å². The van der Waals surface area contributed by atoms with Crippen LogP contribution in [0.25, 0.3) is 0 Å². The molecule has 1 aliphatic rings. The molecule has 10 heteroatoms. The third-order valence-electron chi connectivity index (χ3n) is 4.71. The molecule has 0 saturated carbocycles. The van der Waals surface area contributed by atoms with Gasteiger partial charge in [-0.15, -0.1) is 11.3 Å². The molecular formula is C20H23FN2O5S2. The number of halogens is 1. The Balaban J connectivity index is 1.76. The van der Waals surface area contributed by atoms with E-state index in [9.17, 15) is 22.4 Å². The van der Waals surface area contributed by atoms with Crippen LogP contribution in [0.3, 0.4) is 0 Å². The molecular weight excluding hydrogens is 431 g/mol. The van der Waals surface area contributed by atoms with Crippen molar-refractivity contribution < 1.29 is 27.1 Å². The summed E-state index contributed by atoms with van der Waals surface area (Å²) in [6.45, 7) is 1.65. The minimum absolute atomic E-state index is 0.0934. The number of fused-ring (bicyclic) bond motifs is 1. The van der Waals surface area contributed by atoms with E-state index in [1.165, 1.54) is 23.5 Å². The lowest BCUT2D eigenvalue weighted by atomic mass is 9.95. The summed E-state index contributed by atoms with van der Waals surface area (Å²) in [6, 6.07) is 3.91. The van der Waals surface area contributed by atoms with E-state index in [0.717, 1.165) is 48.4 Å². The fourth-order valence-corrected chi connectivity index (χ4v) is 5.41. The zero-order valence-corrected chi connectivity index (χ0v) is 18.3. The van der Waals surface area contributed by atoms with Crippen molar-refractivity contribution in [2.45, 2.75) is 37.5 Å². The molecule has 1 aromatic heterocycles. The summed E-state index contributed by atoms with van der Waals surface area (Å²) in [7, 11) is -3.73. The molecule has 1 aliphatic carbocycles. The molecule has 7 nitrogen and oxygen atoms in total. The molecule has 162 valence electrons. The second-order valence-electron chi connectivity index (χ2n) is 6.93. The molecule has 0 atom stereocenters. The number of hydrogen-bond acceptors (Lipinski definition) is 7. The van der Waals surface area contributed by atoms with Gasteiger partial charge in [-0.05, 0) is 50.3 Å². The Kier molecular flexibility index (Phi) is 6.77. The molecule has 0 bridgehead atoms. The minimum Gasteiger partial charge on any atom is -0.462 e. The van der Waals surface area contributed by atoms with Crippen LogP contribution in [0.2, 0.25) is 0 Å². The highest BCUT2D eigenvalue weighted by Crippen LogP contribution is 2.38. The van der Waals surface area contributed by atoms with Crippen LogP contribution in [-0.4, -0.2) is 39.7 Å². The smallest absolute Gasteiger partial charge is 0.341 e. The van der Waals surface area contributed by atoms with Crippen LogP contribution in [0.5, 0.6) is 0 Å². The van der Waals surface area contributed by atoms with E-state index in [2.05, 4.69) is 10.6 Å². The minimum atomic E-state index is -3.73. The number of carbonyl (C=O) groups excluding carboxylic acids is 2. The molecule has 1 heterocycles. The zero-order chi connectivity index (χ0) is 21.9. The Morgan fingerprint density at radius 3 is 2.67 bits per heavy atom. The number of sulfone groups is 1. The Hall–Kier alpha value is -2.46. The average molecular weight is 455 g/mol. The van der Waals surface area contributed by atoms with Crippen LogP contribution >= 0.6 is 11.3 Å². The monoisotopic (exact) mass is 454 g/mol. The topological polar surface area (TPSA) is 102 Å². The average Bonchev–Trinajstić information content (AvgIpc) is 3.04. The maximum atomic E-state index is 14.4. The molecule has 1 aromatic carbocycles. The van der Waals surface area contributed by atoms with Crippen LogP contribution in [0.4, 0.5) is 15.1 Å². The molecule has 0 radical (unpaired) electrons. The van der Waals surface area contributed by atoms with Crippen molar-refractivity contribution in [3.8, 4) is 0 Å². The van der Waals surface area contributed by atoms with E-state index in [4.69, 9.17) is 4.74 Å². The molecule has 3 rings (SSSR count). The fourth-order valence-electron chi connectivity index (χ4n) is 3.35. The van der Waals surface area contributed by atoms with Crippen molar-refractivity contribution in [3.05, 3.63) is 40.0 Å². The number of nitrogens with one attached hydrogen (secondary N) is 2. The van der Waals surface area contributed by atoms with Crippen LogP contribution in [0.1, 0.15) is 40.6 Å². The first-order valence-corrected chi connectivity index (χ1v) is 12.3. The maximum Gasteiger partial charge on any atom is 0.341 e. The van der Waals surface area contributed by atoms with Crippen molar-refractivity contribution in [2.24, 2.45) is 0 Å². The number of aryl methyl sites for hydroxylation is 1. The Bertz CT molecular complexity index is 1080. The second-order valence-corrected chi connectivity index (χ2v) is 10.0. The van der Waals surface area contributed by atoms with Crippen molar-refractivity contribution >= 4 is 43.7 Å². The van der Waals surface area contributed by atoms with Crippen LogP contribution < -0.4 is 10.6 Å². The number of hydrogen-bond donors (Lipinski definition) is 2. The summed E-state index contributed by atoms with van der Waals surface area (Å²) in [5, 5.41) is 5.76. The van der Waals surface area contributed by atoms with Gasteiger partial charge in [-0.1, -0.05) is 6.07 Å². The van der Waals surface area contributed by atoms with Gasteiger partial charge < -0.3 is 15.4 Å². The van der Waals surface area contributed by atoms with Crippen molar-refractivity contribution in [3.63, 3.8) is 0 Å². The summed E-state index contributed by atoms with van der Waals surface area (Å²) < 4.78 is 42.9. The highest BCUT2D eigenvalue weighted by Gasteiger charge is 2.27. The van der Waals surface area contributed by atoms with E-state index in [1.807, 2.05) is 0 Å². The highest BCUT2D eigenvalue weighted by molar-refractivity contribution is 7.90. The number of esters is 1. The predicted molar refractivity (Wildman–Crippen MR) is 114 cm³/mol. The molecule has 30 heavy (non-hydrogen) atoms. The van der Waals surface area contributed by atoms with Gasteiger partial charge in [0, 0.05) is 11.1 Å². The molecule has 0 spiro atoms. The molecule has 2 aromatic rings. The van der Waals surface area contributed by atoms with Gasteiger partial charge in [0.15, 0.2) is 15.7 Å². The largest absolute Gasteiger partial charge is 0.462 e. The molecule has 0 saturated heterocycles. The number of anilines is 2. The van der Waals surface area contributed by atoms with E-state index in [0.29, 0.717) is 10.6 Å². The second kappa shape index (κ2) is 9.13. The summed E-state index contributed by atoms with van der Waals surface area (Å²) >= 11 is 1.36. The quantitative estimate of drug-likeness (QED) is 0.622. The number of carbonyl (C=O) groups is 2. The normalized spacial score (nSPS) is 13.4. The summed E-state index contributed by atoms with van der Waals surface area (Å²) in [5.41, 5.74) is 1.24. The molecule has 0 unspecified atom stereocenters. The number of amides is 1. The first-order chi connectivity index (χ1) is 14.2. The summed E-state index contributed by atoms with van der Waals surface area (Å²) in [5.74, 6) is -1.89. The van der Waals surface area contributed by atoms with Crippen molar-refractivity contribution in [1.29, 1.82) is 0 Å². The fraction of sp³-hybridized carbons (Fsp3) is 0.400. The highest BCUT2D eigenvalue weighted by atomic mass is 32.2. The molecule has 0 fully saturated rings. The lowest BCUT2D eigenvalue weighted by molar-refractivity contribution is -0.114. The van der Waals surface area contributed by atoms with Crippen LogP contribution in [0, 0.1) is 5.82 Å². The zero-order valence-electron chi connectivity index (χ0n) is 16.7. The van der Waals surface area contributed by atoms with Gasteiger partial charge >= 0.3 is 5.97 Å². The molecule has 1 amide bonds. The summed E-state index contributed by atoms with van der Waals surface area (Å²) in [6.07, 6.45) is 4.53. The third kappa shape index (κ3) is 4.81. The standard InChI is InChI=1S/C20H23FN2O5S2/c1-3-28-20(25)17-12-7-4-5-9-14(12)29-19(17)23-16(24)11-22-13-8-6-10-15(18(13)21)30(2,26)27/h6,8,10,22H,3-5,7,9,11H2,1-2H3,(H,23,24). The van der Waals surface area contributed by atoms with E-state index in [1.54, 1.807) is 6.92 Å².